The van der Waals surface area contributed by atoms with E-state index in [0.717, 1.165) is 44.3 Å². The Kier molecular flexibility index (Phi) is 6.05. The molecule has 0 spiro atoms. The smallest absolute Gasteiger partial charge is 0.335 e. The van der Waals surface area contributed by atoms with Crippen molar-refractivity contribution in [3.63, 3.8) is 0 Å². The van der Waals surface area contributed by atoms with Crippen LogP contribution in [0.5, 0.6) is 0 Å². The maximum Gasteiger partial charge on any atom is 0.335 e. The summed E-state index contributed by atoms with van der Waals surface area (Å²) in [6.45, 7) is 1.54. The molecule has 1 aliphatic rings. The molecule has 1 fully saturated rings. The summed E-state index contributed by atoms with van der Waals surface area (Å²) >= 11 is 0. The van der Waals surface area contributed by atoms with E-state index in [1.54, 1.807) is 12.1 Å². The minimum Gasteiger partial charge on any atom is -0.478 e. The first-order valence-electron chi connectivity index (χ1n) is 9.26. The number of carbonyl (C=O) groups excluding carboxylic acids is 1. The quantitative estimate of drug-likeness (QED) is 0.861. The van der Waals surface area contributed by atoms with Gasteiger partial charge in [0.1, 0.15) is 0 Å². The zero-order chi connectivity index (χ0) is 18.4. The van der Waals surface area contributed by atoms with Gasteiger partial charge in [0.25, 0.3) is 0 Å². The molecule has 26 heavy (non-hydrogen) atoms. The molecule has 2 aromatic rings. The molecule has 3 rings (SSSR count). The highest BCUT2D eigenvalue weighted by Gasteiger charge is 2.23. The van der Waals surface area contributed by atoms with Crippen LogP contribution in [0.15, 0.2) is 54.6 Å². The van der Waals surface area contributed by atoms with E-state index >= 15 is 0 Å². The maximum absolute atomic E-state index is 12.4. The van der Waals surface area contributed by atoms with Gasteiger partial charge in [0.05, 0.1) is 5.56 Å². The van der Waals surface area contributed by atoms with Crippen LogP contribution in [0.4, 0.5) is 0 Å². The monoisotopic (exact) mass is 351 g/mol. The van der Waals surface area contributed by atoms with Crippen LogP contribution in [0.2, 0.25) is 0 Å². The largest absolute Gasteiger partial charge is 0.478 e. The summed E-state index contributed by atoms with van der Waals surface area (Å²) in [6, 6.07) is 17.3. The average molecular weight is 351 g/mol. The van der Waals surface area contributed by atoms with Crippen molar-refractivity contribution in [3.05, 3.63) is 71.3 Å². The second kappa shape index (κ2) is 8.65. The number of rotatable bonds is 6. The van der Waals surface area contributed by atoms with E-state index in [1.807, 2.05) is 35.2 Å². The van der Waals surface area contributed by atoms with Crippen molar-refractivity contribution in [1.29, 1.82) is 0 Å². The molecule has 4 nitrogen and oxygen atoms in total. The lowest BCUT2D eigenvalue weighted by molar-refractivity contribution is -0.132. The van der Waals surface area contributed by atoms with E-state index in [2.05, 4.69) is 12.1 Å². The van der Waals surface area contributed by atoms with Crippen molar-refractivity contribution in [1.82, 2.24) is 4.90 Å². The lowest BCUT2D eigenvalue weighted by atomic mass is 9.88. The topological polar surface area (TPSA) is 57.6 Å². The highest BCUT2D eigenvalue weighted by atomic mass is 16.4. The summed E-state index contributed by atoms with van der Waals surface area (Å²) < 4.78 is 0. The molecule has 0 bridgehead atoms. The summed E-state index contributed by atoms with van der Waals surface area (Å²) in [5, 5.41) is 9.31. The number of hydrogen-bond donors (Lipinski definition) is 1. The number of carboxylic acid groups (broad SMARTS) is 1. The second-order valence-electron chi connectivity index (χ2n) is 6.98. The fraction of sp³-hybridized carbons (Fsp3) is 0.364. The van der Waals surface area contributed by atoms with Gasteiger partial charge in [-0.25, -0.2) is 4.79 Å². The summed E-state index contributed by atoms with van der Waals surface area (Å²) in [7, 11) is 0. The van der Waals surface area contributed by atoms with Gasteiger partial charge in [0, 0.05) is 19.5 Å². The van der Waals surface area contributed by atoms with E-state index < -0.39 is 5.97 Å². The van der Waals surface area contributed by atoms with Crippen molar-refractivity contribution in [2.45, 2.75) is 32.1 Å². The number of aromatic carboxylic acids is 1. The van der Waals surface area contributed by atoms with Crippen molar-refractivity contribution in [2.75, 3.05) is 13.1 Å². The Balaban J connectivity index is 1.48. The third kappa shape index (κ3) is 4.72. The van der Waals surface area contributed by atoms with E-state index in [9.17, 15) is 14.7 Å². The van der Waals surface area contributed by atoms with Crippen LogP contribution >= 0.6 is 0 Å². The number of benzene rings is 2. The van der Waals surface area contributed by atoms with Gasteiger partial charge in [-0.05, 0) is 48.8 Å². The summed E-state index contributed by atoms with van der Waals surface area (Å²) in [4.78, 5) is 25.7. The first kappa shape index (κ1) is 18.2. The molecule has 1 saturated heterocycles. The third-order valence-corrected chi connectivity index (χ3v) is 5.19. The lowest BCUT2D eigenvalue weighted by Gasteiger charge is -2.32. The molecule has 0 atom stereocenters. The Morgan fingerprint density at radius 1 is 0.962 bits per heavy atom. The molecular weight excluding hydrogens is 326 g/mol. The normalized spacial score (nSPS) is 15.0. The first-order valence-corrected chi connectivity index (χ1v) is 9.26. The Labute approximate surface area is 154 Å². The van der Waals surface area contributed by atoms with Crippen LogP contribution in [0.1, 0.15) is 40.7 Å². The number of amides is 1. The van der Waals surface area contributed by atoms with Gasteiger partial charge in [-0.3, -0.25) is 4.79 Å². The molecular formula is C22H25NO3. The molecule has 1 amide bonds. The summed E-state index contributed by atoms with van der Waals surface area (Å²) in [5.41, 5.74) is 2.49. The van der Waals surface area contributed by atoms with Crippen molar-refractivity contribution < 1.29 is 14.7 Å². The predicted molar refractivity (Wildman–Crippen MR) is 101 cm³/mol. The molecule has 4 heteroatoms. The minimum absolute atomic E-state index is 0.221. The zero-order valence-corrected chi connectivity index (χ0v) is 14.9. The molecule has 136 valence electrons. The van der Waals surface area contributed by atoms with E-state index in [0.29, 0.717) is 17.9 Å². The molecule has 1 heterocycles. The highest BCUT2D eigenvalue weighted by molar-refractivity contribution is 5.89. The molecule has 0 unspecified atom stereocenters. The number of aryl methyl sites for hydroxylation is 1. The lowest BCUT2D eigenvalue weighted by Crippen LogP contribution is -2.39. The molecule has 0 radical (unpaired) electrons. The standard InChI is InChI=1S/C22H25NO3/c24-21(11-10-17-6-2-1-3-7-17)23-14-12-18(13-15-23)16-19-8-4-5-9-20(19)22(25)26/h1-9,18H,10-16H2,(H,25,26). The maximum atomic E-state index is 12.4. The van der Waals surface area contributed by atoms with Gasteiger partial charge < -0.3 is 10.0 Å². The number of likely N-dealkylation sites (tertiary alicyclic amines) is 1. The Hall–Kier alpha value is -2.62. The molecule has 1 aliphatic heterocycles. The van der Waals surface area contributed by atoms with Gasteiger partial charge in [-0.15, -0.1) is 0 Å². The Bertz CT molecular complexity index is 749. The van der Waals surface area contributed by atoms with Gasteiger partial charge in [0.2, 0.25) is 5.91 Å². The van der Waals surface area contributed by atoms with E-state index in [4.69, 9.17) is 0 Å². The zero-order valence-electron chi connectivity index (χ0n) is 14.9. The highest BCUT2D eigenvalue weighted by Crippen LogP contribution is 2.24. The number of hydrogen-bond acceptors (Lipinski definition) is 2. The number of piperidine rings is 1. The van der Waals surface area contributed by atoms with Gasteiger partial charge in [-0.1, -0.05) is 48.5 Å². The van der Waals surface area contributed by atoms with Gasteiger partial charge in [0.15, 0.2) is 0 Å². The van der Waals surface area contributed by atoms with Gasteiger partial charge >= 0.3 is 5.97 Å². The first-order chi connectivity index (χ1) is 12.6. The number of carbonyl (C=O) groups is 2. The van der Waals surface area contributed by atoms with E-state index in [1.165, 1.54) is 5.56 Å². The number of nitrogens with zero attached hydrogens (tertiary/aromatic N) is 1. The van der Waals surface area contributed by atoms with Crippen molar-refractivity contribution in [3.8, 4) is 0 Å². The van der Waals surface area contributed by atoms with Crippen LogP contribution in [0, 0.1) is 5.92 Å². The van der Waals surface area contributed by atoms with Crippen LogP contribution in [0.3, 0.4) is 0 Å². The summed E-state index contributed by atoms with van der Waals surface area (Å²) in [5.74, 6) is -0.207. The van der Waals surface area contributed by atoms with Gasteiger partial charge in [-0.2, -0.15) is 0 Å². The number of carboxylic acids is 1. The molecule has 0 aliphatic carbocycles. The molecule has 0 saturated carbocycles. The SMILES string of the molecule is O=C(O)c1ccccc1CC1CCN(C(=O)CCc2ccccc2)CC1. The van der Waals surface area contributed by atoms with Crippen LogP contribution in [-0.4, -0.2) is 35.0 Å². The minimum atomic E-state index is -0.867. The second-order valence-corrected chi connectivity index (χ2v) is 6.98. The molecule has 1 N–H and O–H groups in total. The van der Waals surface area contributed by atoms with Crippen LogP contribution in [0.25, 0.3) is 0 Å². The summed E-state index contributed by atoms with van der Waals surface area (Å²) in [6.07, 6.45) is 3.98. The Morgan fingerprint density at radius 2 is 1.62 bits per heavy atom. The molecule has 2 aromatic carbocycles. The third-order valence-electron chi connectivity index (χ3n) is 5.19. The fourth-order valence-corrected chi connectivity index (χ4v) is 3.66. The molecule has 0 aromatic heterocycles. The van der Waals surface area contributed by atoms with Crippen LogP contribution < -0.4 is 0 Å². The van der Waals surface area contributed by atoms with Crippen molar-refractivity contribution >= 4 is 11.9 Å². The van der Waals surface area contributed by atoms with Crippen LogP contribution in [-0.2, 0) is 17.6 Å². The van der Waals surface area contributed by atoms with E-state index in [-0.39, 0.29) is 5.91 Å². The fourth-order valence-electron chi connectivity index (χ4n) is 3.66. The average Bonchev–Trinajstić information content (AvgIpc) is 2.68. The Morgan fingerprint density at radius 3 is 2.31 bits per heavy atom. The predicted octanol–water partition coefficient (Wildman–Crippen LogP) is 3.80. The van der Waals surface area contributed by atoms with Crippen molar-refractivity contribution in [2.24, 2.45) is 5.92 Å².